The summed E-state index contributed by atoms with van der Waals surface area (Å²) in [5, 5.41) is 0.727. The molecule has 122 valence electrons. The molecule has 0 heterocycles. The maximum absolute atomic E-state index is 13.1. The van der Waals surface area contributed by atoms with Crippen LogP contribution in [0.1, 0.15) is 32.2 Å². The molecule has 0 radical (unpaired) electrons. The van der Waals surface area contributed by atoms with Crippen molar-refractivity contribution in [3.8, 4) is 11.1 Å². The first-order chi connectivity index (χ1) is 12.1. The molecule has 1 aliphatic carbocycles. The zero-order valence-electron chi connectivity index (χ0n) is 13.0. The molecule has 1 aliphatic rings. The van der Waals surface area contributed by atoms with Crippen LogP contribution in [-0.2, 0) is 0 Å². The average Bonchev–Trinajstić information content (AvgIpc) is 2.89. The third kappa shape index (κ3) is 2.58. The van der Waals surface area contributed by atoms with E-state index in [2.05, 4.69) is 0 Å². The van der Waals surface area contributed by atoms with E-state index in [9.17, 15) is 9.59 Å². The summed E-state index contributed by atoms with van der Waals surface area (Å²) in [5.74, 6) is -1.26. The molecule has 0 spiro atoms. The zero-order valence-corrected chi connectivity index (χ0v) is 14.5. The van der Waals surface area contributed by atoms with Gasteiger partial charge in [0, 0.05) is 11.1 Å². The summed E-state index contributed by atoms with van der Waals surface area (Å²) in [6.45, 7) is 0. The summed E-state index contributed by atoms with van der Waals surface area (Å²) < 4.78 is 0. The Bertz CT molecular complexity index is 1010. The van der Waals surface area contributed by atoms with E-state index in [1.165, 1.54) is 0 Å². The Balaban J connectivity index is 1.87. The first-order valence-corrected chi connectivity index (χ1v) is 8.55. The topological polar surface area (TPSA) is 34.1 Å². The molecule has 0 aromatic heterocycles. The molecular formula is C21H12Cl2O2. The van der Waals surface area contributed by atoms with Crippen molar-refractivity contribution >= 4 is 34.8 Å². The van der Waals surface area contributed by atoms with Gasteiger partial charge < -0.3 is 0 Å². The van der Waals surface area contributed by atoms with Gasteiger partial charge in [0.1, 0.15) is 5.92 Å². The number of benzene rings is 3. The van der Waals surface area contributed by atoms with Gasteiger partial charge in [-0.05, 0) is 28.8 Å². The van der Waals surface area contributed by atoms with Gasteiger partial charge in [-0.1, -0.05) is 77.8 Å². The van der Waals surface area contributed by atoms with Crippen molar-refractivity contribution in [2.75, 3.05) is 0 Å². The van der Waals surface area contributed by atoms with E-state index in [1.807, 2.05) is 42.5 Å². The number of carbonyl (C=O) groups is 2. The van der Waals surface area contributed by atoms with Gasteiger partial charge in [0.15, 0.2) is 11.6 Å². The van der Waals surface area contributed by atoms with Gasteiger partial charge in [0.2, 0.25) is 0 Å². The highest BCUT2D eigenvalue weighted by molar-refractivity contribution is 6.42. The Labute approximate surface area is 155 Å². The summed E-state index contributed by atoms with van der Waals surface area (Å²) in [6.07, 6.45) is 0. The molecule has 4 rings (SSSR count). The largest absolute Gasteiger partial charge is 0.293 e. The summed E-state index contributed by atoms with van der Waals surface area (Å²) in [7, 11) is 0. The number of hydrogen-bond donors (Lipinski definition) is 0. The van der Waals surface area contributed by atoms with Gasteiger partial charge in [0.25, 0.3) is 0 Å². The van der Waals surface area contributed by atoms with Crippen LogP contribution in [0.3, 0.4) is 0 Å². The molecule has 25 heavy (non-hydrogen) atoms. The normalized spacial score (nSPS) is 16.2. The number of carbonyl (C=O) groups excluding carboxylic acids is 2. The Morgan fingerprint density at radius 3 is 2.12 bits per heavy atom. The Morgan fingerprint density at radius 2 is 1.40 bits per heavy atom. The van der Waals surface area contributed by atoms with Crippen molar-refractivity contribution < 1.29 is 9.59 Å². The Morgan fingerprint density at radius 1 is 0.680 bits per heavy atom. The number of ketones is 2. The minimum absolute atomic E-state index is 0.196. The predicted octanol–water partition coefficient (Wildman–Crippen LogP) is 5.82. The quantitative estimate of drug-likeness (QED) is 0.535. The minimum atomic E-state index is -0.866. The minimum Gasteiger partial charge on any atom is -0.293 e. The molecule has 0 saturated carbocycles. The van der Waals surface area contributed by atoms with Gasteiger partial charge in [-0.25, -0.2) is 0 Å². The van der Waals surface area contributed by atoms with Crippen molar-refractivity contribution in [3.05, 3.63) is 93.5 Å². The second kappa shape index (κ2) is 6.14. The van der Waals surface area contributed by atoms with Crippen LogP contribution in [-0.4, -0.2) is 11.6 Å². The van der Waals surface area contributed by atoms with E-state index in [-0.39, 0.29) is 11.6 Å². The molecular weight excluding hydrogens is 355 g/mol. The third-order valence-electron chi connectivity index (χ3n) is 4.46. The molecule has 4 heteroatoms. The summed E-state index contributed by atoms with van der Waals surface area (Å²) >= 11 is 12.0. The fourth-order valence-corrected chi connectivity index (χ4v) is 3.60. The highest BCUT2D eigenvalue weighted by Gasteiger charge is 2.41. The monoisotopic (exact) mass is 366 g/mol. The number of Topliss-reactive ketones (excluding diaryl/α,β-unsaturated/α-hetero) is 2. The molecule has 0 amide bonds. The lowest BCUT2D eigenvalue weighted by atomic mass is 9.93. The van der Waals surface area contributed by atoms with Crippen LogP contribution in [0.5, 0.6) is 0 Å². The van der Waals surface area contributed by atoms with Crippen molar-refractivity contribution in [2.24, 2.45) is 0 Å². The molecule has 0 N–H and O–H groups in total. The molecule has 3 aromatic carbocycles. The zero-order chi connectivity index (χ0) is 17.6. The van der Waals surface area contributed by atoms with E-state index < -0.39 is 5.92 Å². The number of rotatable bonds is 2. The Kier molecular flexibility index (Phi) is 3.95. The van der Waals surface area contributed by atoms with Crippen molar-refractivity contribution in [1.82, 2.24) is 0 Å². The van der Waals surface area contributed by atoms with Gasteiger partial charge in [-0.2, -0.15) is 0 Å². The maximum atomic E-state index is 13.1. The van der Waals surface area contributed by atoms with Gasteiger partial charge in [0.05, 0.1) is 10.0 Å². The lowest BCUT2D eigenvalue weighted by Gasteiger charge is -2.09. The molecule has 2 nitrogen and oxygen atoms in total. The first-order valence-electron chi connectivity index (χ1n) is 7.79. The summed E-state index contributed by atoms with van der Waals surface area (Å²) in [5.41, 5.74) is 3.20. The van der Waals surface area contributed by atoms with Crippen LogP contribution in [0.15, 0.2) is 66.7 Å². The highest BCUT2D eigenvalue weighted by atomic mass is 35.5. The SMILES string of the molecule is O=C1c2cccc(-c3ccccc3)c2C(=O)C1c1ccc(Cl)c(Cl)c1. The van der Waals surface area contributed by atoms with E-state index in [4.69, 9.17) is 23.2 Å². The molecule has 0 fully saturated rings. The highest BCUT2D eigenvalue weighted by Crippen LogP contribution is 2.40. The van der Waals surface area contributed by atoms with Crippen LogP contribution in [0.2, 0.25) is 10.0 Å². The standard InChI is InChI=1S/C21H12Cl2O2/c22-16-10-9-13(11-17(16)23)18-20(24)15-8-4-7-14(19(15)21(18)25)12-5-2-1-3-6-12/h1-11,18H. The van der Waals surface area contributed by atoms with Crippen LogP contribution >= 0.6 is 23.2 Å². The lowest BCUT2D eigenvalue weighted by Crippen LogP contribution is -2.13. The molecule has 0 aliphatic heterocycles. The van der Waals surface area contributed by atoms with Crippen molar-refractivity contribution in [1.29, 1.82) is 0 Å². The molecule has 0 saturated heterocycles. The smallest absolute Gasteiger partial charge is 0.179 e. The predicted molar refractivity (Wildman–Crippen MR) is 99.7 cm³/mol. The van der Waals surface area contributed by atoms with E-state index >= 15 is 0 Å². The average molecular weight is 367 g/mol. The van der Waals surface area contributed by atoms with Crippen molar-refractivity contribution in [3.63, 3.8) is 0 Å². The maximum Gasteiger partial charge on any atom is 0.179 e. The fraction of sp³-hybridized carbons (Fsp3) is 0.0476. The summed E-state index contributed by atoms with van der Waals surface area (Å²) in [4.78, 5) is 26.0. The molecule has 1 unspecified atom stereocenters. The van der Waals surface area contributed by atoms with E-state index in [0.717, 1.165) is 11.1 Å². The van der Waals surface area contributed by atoms with Crippen LogP contribution in [0.25, 0.3) is 11.1 Å². The van der Waals surface area contributed by atoms with Gasteiger partial charge >= 0.3 is 0 Å². The summed E-state index contributed by atoms with van der Waals surface area (Å²) in [6, 6.07) is 19.9. The lowest BCUT2D eigenvalue weighted by molar-refractivity contribution is 0.0890. The van der Waals surface area contributed by atoms with Gasteiger partial charge in [-0.15, -0.1) is 0 Å². The number of hydrogen-bond acceptors (Lipinski definition) is 2. The van der Waals surface area contributed by atoms with Crippen LogP contribution in [0, 0.1) is 0 Å². The molecule has 1 atom stereocenters. The first kappa shape index (κ1) is 16.1. The van der Waals surface area contributed by atoms with Crippen molar-refractivity contribution in [2.45, 2.75) is 5.92 Å². The van der Waals surface area contributed by atoms with Gasteiger partial charge in [-0.3, -0.25) is 9.59 Å². The third-order valence-corrected chi connectivity index (χ3v) is 5.20. The fourth-order valence-electron chi connectivity index (χ4n) is 3.29. The number of halogens is 2. The van der Waals surface area contributed by atoms with E-state index in [1.54, 1.807) is 24.3 Å². The molecule has 0 bridgehead atoms. The number of fused-ring (bicyclic) bond motifs is 1. The van der Waals surface area contributed by atoms with E-state index in [0.29, 0.717) is 26.7 Å². The second-order valence-electron chi connectivity index (χ2n) is 5.93. The van der Waals surface area contributed by atoms with Crippen LogP contribution in [0.4, 0.5) is 0 Å². The molecule has 3 aromatic rings. The Hall–Kier alpha value is -2.42. The van der Waals surface area contributed by atoms with Crippen LogP contribution < -0.4 is 0 Å². The second-order valence-corrected chi connectivity index (χ2v) is 6.74.